The molecule has 0 radical (unpaired) electrons. The molecule has 0 aliphatic carbocycles. The van der Waals surface area contributed by atoms with Gasteiger partial charge in [0, 0.05) is 31.4 Å². The summed E-state index contributed by atoms with van der Waals surface area (Å²) in [5.41, 5.74) is 1.74. The lowest BCUT2D eigenvalue weighted by molar-refractivity contribution is 0.0745. The molecule has 0 atom stereocenters. The van der Waals surface area contributed by atoms with Gasteiger partial charge >= 0.3 is 0 Å². The van der Waals surface area contributed by atoms with Crippen LogP contribution in [0.2, 0.25) is 0 Å². The zero-order valence-corrected chi connectivity index (χ0v) is 14.4. The van der Waals surface area contributed by atoms with Gasteiger partial charge in [-0.1, -0.05) is 34.6 Å². The fraction of sp³-hybridized carbons (Fsp3) is 0.647. The van der Waals surface area contributed by atoms with E-state index in [2.05, 4.69) is 44.9 Å². The Hall–Kier alpha value is -1.58. The van der Waals surface area contributed by atoms with Crippen molar-refractivity contribution in [2.75, 3.05) is 25.5 Å². The van der Waals surface area contributed by atoms with Crippen LogP contribution in [-0.4, -0.2) is 35.9 Å². The quantitative estimate of drug-likeness (QED) is 0.898. The first-order valence-corrected chi connectivity index (χ1v) is 7.65. The maximum Gasteiger partial charge on any atom is 0.253 e. The number of nitrogens with one attached hydrogen (secondary N) is 1. The number of nitrogens with zero attached hydrogens (tertiary/aromatic N) is 2. The normalized spacial score (nSPS) is 11.6. The summed E-state index contributed by atoms with van der Waals surface area (Å²) in [6, 6.07) is 3.75. The van der Waals surface area contributed by atoms with E-state index in [9.17, 15) is 4.79 Å². The summed E-state index contributed by atoms with van der Waals surface area (Å²) in [6.07, 6.45) is 0. The lowest BCUT2D eigenvalue weighted by atomic mass is 9.96. The molecule has 0 aliphatic heterocycles. The number of pyridine rings is 1. The molecule has 0 aliphatic rings. The van der Waals surface area contributed by atoms with E-state index in [4.69, 9.17) is 0 Å². The Kier molecular flexibility index (Phi) is 5.76. The second kappa shape index (κ2) is 6.92. The Balaban J connectivity index is 3.07. The fourth-order valence-corrected chi connectivity index (χ4v) is 2.25. The third kappa shape index (κ3) is 5.37. The summed E-state index contributed by atoms with van der Waals surface area (Å²) in [5, 5.41) is 3.20. The van der Waals surface area contributed by atoms with Gasteiger partial charge in [-0.25, -0.2) is 4.98 Å². The van der Waals surface area contributed by atoms with Crippen molar-refractivity contribution in [1.29, 1.82) is 0 Å². The van der Waals surface area contributed by atoms with Crippen LogP contribution in [-0.2, 0) is 0 Å². The Morgan fingerprint density at radius 2 is 1.95 bits per heavy atom. The average Bonchev–Trinajstić information content (AvgIpc) is 2.35. The van der Waals surface area contributed by atoms with Gasteiger partial charge < -0.3 is 10.2 Å². The second-order valence-electron chi connectivity index (χ2n) is 7.07. The molecular formula is C17H29N3O. The third-order valence-electron chi connectivity index (χ3n) is 3.10. The monoisotopic (exact) mass is 291 g/mol. The van der Waals surface area contributed by atoms with Gasteiger partial charge in [-0.3, -0.25) is 4.79 Å². The Labute approximate surface area is 129 Å². The molecule has 0 saturated heterocycles. The van der Waals surface area contributed by atoms with Gasteiger partial charge in [-0.2, -0.15) is 0 Å². The Bertz CT molecular complexity index is 489. The summed E-state index contributed by atoms with van der Waals surface area (Å²) in [7, 11) is 1.86. The molecule has 0 unspecified atom stereocenters. The van der Waals surface area contributed by atoms with E-state index < -0.39 is 0 Å². The Morgan fingerprint density at radius 1 is 1.33 bits per heavy atom. The van der Waals surface area contributed by atoms with Crippen LogP contribution in [0.3, 0.4) is 0 Å². The van der Waals surface area contributed by atoms with E-state index in [-0.39, 0.29) is 11.3 Å². The molecule has 118 valence electrons. The van der Waals surface area contributed by atoms with E-state index >= 15 is 0 Å². The minimum atomic E-state index is 0.0494. The topological polar surface area (TPSA) is 45.2 Å². The largest absolute Gasteiger partial charge is 0.370 e. The summed E-state index contributed by atoms with van der Waals surface area (Å²) in [4.78, 5) is 19.0. The standard InChI is InChI=1S/C17H29N3O/c1-8-18-15-10-13(9-14(19-15)12(2)3)16(21)20(7)11-17(4,5)6/h9-10,12H,8,11H2,1-7H3,(H,18,19). The van der Waals surface area contributed by atoms with Crippen LogP contribution in [0, 0.1) is 5.41 Å². The molecular weight excluding hydrogens is 262 g/mol. The van der Waals surface area contributed by atoms with Crippen molar-refractivity contribution in [1.82, 2.24) is 9.88 Å². The van der Waals surface area contributed by atoms with Crippen molar-refractivity contribution < 1.29 is 4.79 Å². The molecule has 0 fully saturated rings. The smallest absolute Gasteiger partial charge is 0.253 e. The zero-order valence-electron chi connectivity index (χ0n) is 14.4. The molecule has 1 N–H and O–H groups in total. The van der Waals surface area contributed by atoms with Crippen LogP contribution in [0.15, 0.2) is 12.1 Å². The van der Waals surface area contributed by atoms with Crippen LogP contribution in [0.5, 0.6) is 0 Å². The van der Waals surface area contributed by atoms with E-state index in [0.717, 1.165) is 24.6 Å². The number of aromatic nitrogens is 1. The number of hydrogen-bond donors (Lipinski definition) is 1. The molecule has 0 saturated carbocycles. The molecule has 1 heterocycles. The highest BCUT2D eigenvalue weighted by atomic mass is 16.2. The number of rotatable bonds is 5. The first kappa shape index (κ1) is 17.5. The van der Waals surface area contributed by atoms with Gasteiger partial charge in [-0.05, 0) is 30.4 Å². The zero-order chi connectivity index (χ0) is 16.2. The second-order valence-corrected chi connectivity index (χ2v) is 7.07. The molecule has 1 aromatic rings. The van der Waals surface area contributed by atoms with Crippen molar-refractivity contribution in [3.63, 3.8) is 0 Å². The van der Waals surface area contributed by atoms with Crippen molar-refractivity contribution in [3.05, 3.63) is 23.4 Å². The third-order valence-corrected chi connectivity index (χ3v) is 3.10. The van der Waals surface area contributed by atoms with E-state index in [1.165, 1.54) is 0 Å². The SMILES string of the molecule is CCNc1cc(C(=O)N(C)CC(C)(C)C)cc(C(C)C)n1. The van der Waals surface area contributed by atoms with Crippen molar-refractivity contribution in [2.45, 2.75) is 47.5 Å². The molecule has 4 nitrogen and oxygen atoms in total. The number of hydrogen-bond acceptors (Lipinski definition) is 3. The van der Waals surface area contributed by atoms with Gasteiger partial charge in [-0.15, -0.1) is 0 Å². The lowest BCUT2D eigenvalue weighted by Gasteiger charge is -2.27. The van der Waals surface area contributed by atoms with Crippen molar-refractivity contribution in [2.24, 2.45) is 5.41 Å². The van der Waals surface area contributed by atoms with Crippen LogP contribution in [0.4, 0.5) is 5.82 Å². The van der Waals surface area contributed by atoms with Gasteiger partial charge in [0.25, 0.3) is 5.91 Å². The highest BCUT2D eigenvalue weighted by Crippen LogP contribution is 2.20. The number of carbonyl (C=O) groups is 1. The molecule has 4 heteroatoms. The summed E-state index contributed by atoms with van der Waals surface area (Å²) in [6.45, 7) is 14.1. The molecule has 1 rings (SSSR count). The van der Waals surface area contributed by atoms with Crippen LogP contribution in [0.25, 0.3) is 0 Å². The van der Waals surface area contributed by atoms with Crippen molar-refractivity contribution >= 4 is 11.7 Å². The molecule has 0 spiro atoms. The van der Waals surface area contributed by atoms with Gasteiger partial charge in [0.15, 0.2) is 0 Å². The van der Waals surface area contributed by atoms with Gasteiger partial charge in [0.1, 0.15) is 5.82 Å². The number of amides is 1. The molecule has 0 aromatic carbocycles. The predicted octanol–water partition coefficient (Wildman–Crippen LogP) is 3.75. The van der Waals surface area contributed by atoms with Crippen LogP contribution >= 0.6 is 0 Å². The maximum absolute atomic E-state index is 12.6. The van der Waals surface area contributed by atoms with Gasteiger partial charge in [0.05, 0.1) is 0 Å². The van der Waals surface area contributed by atoms with Gasteiger partial charge in [0.2, 0.25) is 0 Å². The van der Waals surface area contributed by atoms with E-state index in [1.807, 2.05) is 26.1 Å². The molecule has 0 bridgehead atoms. The summed E-state index contributed by atoms with van der Waals surface area (Å²) >= 11 is 0. The summed E-state index contributed by atoms with van der Waals surface area (Å²) in [5.74, 6) is 1.12. The minimum Gasteiger partial charge on any atom is -0.370 e. The van der Waals surface area contributed by atoms with E-state index in [0.29, 0.717) is 11.5 Å². The van der Waals surface area contributed by atoms with E-state index in [1.54, 1.807) is 4.90 Å². The minimum absolute atomic E-state index is 0.0494. The number of anilines is 1. The highest BCUT2D eigenvalue weighted by molar-refractivity contribution is 5.95. The first-order valence-electron chi connectivity index (χ1n) is 7.65. The molecule has 1 aromatic heterocycles. The van der Waals surface area contributed by atoms with Crippen molar-refractivity contribution in [3.8, 4) is 0 Å². The molecule has 1 amide bonds. The van der Waals surface area contributed by atoms with Crippen LogP contribution < -0.4 is 5.32 Å². The average molecular weight is 291 g/mol. The molecule has 21 heavy (non-hydrogen) atoms. The maximum atomic E-state index is 12.6. The first-order chi connectivity index (χ1) is 9.64. The fourth-order valence-electron chi connectivity index (χ4n) is 2.25. The van der Waals surface area contributed by atoms with Crippen LogP contribution in [0.1, 0.15) is 63.5 Å². The summed E-state index contributed by atoms with van der Waals surface area (Å²) < 4.78 is 0. The number of carbonyl (C=O) groups excluding carboxylic acids is 1. The lowest BCUT2D eigenvalue weighted by Crippen LogP contribution is -2.34. The highest BCUT2D eigenvalue weighted by Gasteiger charge is 2.20. The predicted molar refractivity (Wildman–Crippen MR) is 88.9 cm³/mol. The Morgan fingerprint density at radius 3 is 2.43 bits per heavy atom.